The summed E-state index contributed by atoms with van der Waals surface area (Å²) >= 11 is 6.66. The van der Waals surface area contributed by atoms with Gasteiger partial charge in [0, 0.05) is 5.25 Å². The third kappa shape index (κ3) is 3.68. The second-order valence-corrected chi connectivity index (χ2v) is 4.80. The first-order valence-electron chi connectivity index (χ1n) is 4.62. The monoisotopic (exact) mass is 226 g/mol. The van der Waals surface area contributed by atoms with Gasteiger partial charge in [0.05, 0.1) is 6.61 Å². The Morgan fingerprint density at radius 1 is 1.43 bits per heavy atom. The summed E-state index contributed by atoms with van der Waals surface area (Å²) in [4.78, 5) is 0. The molecule has 0 bridgehead atoms. The zero-order chi connectivity index (χ0) is 10.4. The van der Waals surface area contributed by atoms with E-state index in [2.05, 4.69) is 19.1 Å². The molecule has 1 rings (SSSR count). The second-order valence-electron chi connectivity index (χ2n) is 2.85. The van der Waals surface area contributed by atoms with Crippen molar-refractivity contribution in [1.82, 2.24) is 0 Å². The Hall–Kier alpha value is -0.540. The van der Waals surface area contributed by atoms with Crippen LogP contribution in [0.5, 0.6) is 0 Å². The summed E-state index contributed by atoms with van der Waals surface area (Å²) in [7, 11) is 0. The minimum Gasteiger partial charge on any atom is -0.479 e. The van der Waals surface area contributed by atoms with Crippen molar-refractivity contribution in [3.05, 3.63) is 35.9 Å². The summed E-state index contributed by atoms with van der Waals surface area (Å²) < 4.78 is 5.86. The highest BCUT2D eigenvalue weighted by atomic mass is 32.2. The number of thiocarbonyl (C=S) groups is 1. The van der Waals surface area contributed by atoms with Crippen molar-refractivity contribution in [2.24, 2.45) is 0 Å². The maximum atomic E-state index is 5.23. The lowest BCUT2D eigenvalue weighted by Gasteiger charge is -2.11. The predicted octanol–water partition coefficient (Wildman–Crippen LogP) is 3.80. The van der Waals surface area contributed by atoms with Crippen LogP contribution < -0.4 is 0 Å². The van der Waals surface area contributed by atoms with Gasteiger partial charge in [-0.15, -0.1) is 0 Å². The highest BCUT2D eigenvalue weighted by Gasteiger charge is 2.08. The smallest absolute Gasteiger partial charge is 0.220 e. The molecule has 0 heterocycles. The van der Waals surface area contributed by atoms with Gasteiger partial charge in [-0.05, 0) is 31.6 Å². The maximum Gasteiger partial charge on any atom is 0.220 e. The minimum atomic E-state index is 0.357. The summed E-state index contributed by atoms with van der Waals surface area (Å²) in [6.45, 7) is 4.72. The van der Waals surface area contributed by atoms with Crippen molar-refractivity contribution < 1.29 is 4.74 Å². The van der Waals surface area contributed by atoms with Crippen molar-refractivity contribution in [2.75, 3.05) is 6.61 Å². The first-order chi connectivity index (χ1) is 6.74. The van der Waals surface area contributed by atoms with Gasteiger partial charge in [0.1, 0.15) is 0 Å². The Balaban J connectivity index is 2.50. The zero-order valence-electron chi connectivity index (χ0n) is 8.40. The standard InChI is InChI=1S/C11H14OS2/c1-3-12-11(13)14-9(2)10-7-5-4-6-8-10/h4-9H,3H2,1-2H3. The van der Waals surface area contributed by atoms with Crippen LogP contribution in [-0.2, 0) is 4.74 Å². The summed E-state index contributed by atoms with van der Waals surface area (Å²) in [5, 5.41) is 0.357. The van der Waals surface area contributed by atoms with E-state index in [4.69, 9.17) is 17.0 Å². The van der Waals surface area contributed by atoms with Crippen LogP contribution in [0.15, 0.2) is 30.3 Å². The summed E-state index contributed by atoms with van der Waals surface area (Å²) in [5.41, 5.74) is 1.28. The van der Waals surface area contributed by atoms with Gasteiger partial charge in [-0.3, -0.25) is 0 Å². The van der Waals surface area contributed by atoms with E-state index in [1.54, 1.807) is 11.8 Å². The molecule has 76 valence electrons. The first-order valence-corrected chi connectivity index (χ1v) is 5.91. The second kappa shape index (κ2) is 6.04. The van der Waals surface area contributed by atoms with Gasteiger partial charge in [-0.25, -0.2) is 0 Å². The fourth-order valence-corrected chi connectivity index (χ4v) is 2.41. The average Bonchev–Trinajstić information content (AvgIpc) is 2.19. The number of benzene rings is 1. The normalized spacial score (nSPS) is 12.1. The van der Waals surface area contributed by atoms with Crippen LogP contribution >= 0.6 is 24.0 Å². The molecular formula is C11H14OS2. The number of thioether (sulfide) groups is 1. The molecule has 1 atom stereocenters. The van der Waals surface area contributed by atoms with E-state index < -0.39 is 0 Å². The quantitative estimate of drug-likeness (QED) is 0.725. The molecule has 1 aromatic rings. The van der Waals surface area contributed by atoms with Gasteiger partial charge in [-0.1, -0.05) is 42.1 Å². The largest absolute Gasteiger partial charge is 0.479 e. The van der Waals surface area contributed by atoms with E-state index in [0.717, 1.165) is 0 Å². The SMILES string of the molecule is CCOC(=S)SC(C)c1ccccc1. The minimum absolute atomic E-state index is 0.357. The highest BCUT2D eigenvalue weighted by Crippen LogP contribution is 2.29. The Bertz CT molecular complexity index is 285. The third-order valence-corrected chi connectivity index (χ3v) is 3.15. The van der Waals surface area contributed by atoms with E-state index in [1.807, 2.05) is 25.1 Å². The fourth-order valence-electron chi connectivity index (χ4n) is 1.09. The van der Waals surface area contributed by atoms with Crippen LogP contribution in [0.1, 0.15) is 24.7 Å². The van der Waals surface area contributed by atoms with E-state index >= 15 is 0 Å². The van der Waals surface area contributed by atoms with Crippen LogP contribution in [-0.4, -0.2) is 11.0 Å². The molecular weight excluding hydrogens is 212 g/mol. The van der Waals surface area contributed by atoms with E-state index in [0.29, 0.717) is 16.2 Å². The number of ether oxygens (including phenoxy) is 1. The molecule has 0 spiro atoms. The summed E-state index contributed by atoms with van der Waals surface area (Å²) in [5.74, 6) is 0. The highest BCUT2D eigenvalue weighted by molar-refractivity contribution is 8.22. The number of hydrogen-bond acceptors (Lipinski definition) is 3. The van der Waals surface area contributed by atoms with Crippen LogP contribution in [0.4, 0.5) is 0 Å². The number of rotatable bonds is 3. The van der Waals surface area contributed by atoms with E-state index in [9.17, 15) is 0 Å². The summed E-state index contributed by atoms with van der Waals surface area (Å²) in [6, 6.07) is 10.3. The lowest BCUT2D eigenvalue weighted by atomic mass is 10.2. The molecule has 0 aromatic heterocycles. The van der Waals surface area contributed by atoms with Gasteiger partial charge >= 0.3 is 0 Å². The van der Waals surface area contributed by atoms with Crippen LogP contribution in [0, 0.1) is 0 Å². The molecule has 3 heteroatoms. The van der Waals surface area contributed by atoms with E-state index in [1.165, 1.54) is 5.56 Å². The third-order valence-electron chi connectivity index (χ3n) is 1.80. The Labute approximate surface area is 94.9 Å². The zero-order valence-corrected chi connectivity index (χ0v) is 10.0. The molecule has 0 aliphatic heterocycles. The van der Waals surface area contributed by atoms with Crippen molar-refractivity contribution in [1.29, 1.82) is 0 Å². The van der Waals surface area contributed by atoms with Crippen molar-refractivity contribution >= 4 is 28.4 Å². The topological polar surface area (TPSA) is 9.23 Å². The molecule has 1 nitrogen and oxygen atoms in total. The lowest BCUT2D eigenvalue weighted by molar-refractivity contribution is 0.346. The van der Waals surface area contributed by atoms with Crippen molar-refractivity contribution in [3.8, 4) is 0 Å². The van der Waals surface area contributed by atoms with Gasteiger partial charge in [0.25, 0.3) is 0 Å². The van der Waals surface area contributed by atoms with Gasteiger partial charge in [-0.2, -0.15) is 0 Å². The lowest BCUT2D eigenvalue weighted by Crippen LogP contribution is -1.99. The van der Waals surface area contributed by atoms with Gasteiger partial charge < -0.3 is 4.74 Å². The van der Waals surface area contributed by atoms with Crippen LogP contribution in [0.2, 0.25) is 0 Å². The van der Waals surface area contributed by atoms with Gasteiger partial charge in [0.15, 0.2) is 0 Å². The predicted molar refractivity (Wildman–Crippen MR) is 66.7 cm³/mol. The molecule has 0 aliphatic rings. The van der Waals surface area contributed by atoms with Crippen LogP contribution in [0.25, 0.3) is 0 Å². The molecule has 0 fully saturated rings. The van der Waals surface area contributed by atoms with E-state index in [-0.39, 0.29) is 0 Å². The Morgan fingerprint density at radius 3 is 2.64 bits per heavy atom. The molecule has 0 amide bonds. The first kappa shape index (κ1) is 11.5. The van der Waals surface area contributed by atoms with Gasteiger partial charge in [0.2, 0.25) is 4.38 Å². The fraction of sp³-hybridized carbons (Fsp3) is 0.364. The molecule has 1 aromatic carbocycles. The molecule has 1 unspecified atom stereocenters. The Morgan fingerprint density at radius 2 is 2.07 bits per heavy atom. The molecule has 0 radical (unpaired) electrons. The maximum absolute atomic E-state index is 5.23. The van der Waals surface area contributed by atoms with Crippen molar-refractivity contribution in [2.45, 2.75) is 19.1 Å². The molecule has 0 aliphatic carbocycles. The molecule has 0 saturated carbocycles. The van der Waals surface area contributed by atoms with Crippen LogP contribution in [0.3, 0.4) is 0 Å². The summed E-state index contributed by atoms with van der Waals surface area (Å²) in [6.07, 6.45) is 0. The average molecular weight is 226 g/mol. The molecule has 14 heavy (non-hydrogen) atoms. The molecule has 0 saturated heterocycles. The molecule has 0 N–H and O–H groups in total. The Kier molecular flexibility index (Phi) is 4.98. The number of hydrogen-bond donors (Lipinski definition) is 0. The van der Waals surface area contributed by atoms with Crippen molar-refractivity contribution in [3.63, 3.8) is 0 Å².